The van der Waals surface area contributed by atoms with Gasteiger partial charge in [-0.2, -0.15) is 0 Å². The van der Waals surface area contributed by atoms with Crippen molar-refractivity contribution in [1.82, 2.24) is 4.57 Å². The van der Waals surface area contributed by atoms with E-state index < -0.39 is 30.3 Å². The van der Waals surface area contributed by atoms with Gasteiger partial charge >= 0.3 is 0 Å². The van der Waals surface area contributed by atoms with E-state index in [0.29, 0.717) is 11.4 Å². The van der Waals surface area contributed by atoms with Crippen molar-refractivity contribution in [3.05, 3.63) is 131 Å². The molecule has 3 heterocycles. The minimum Gasteiger partial charge on any atom is -0.476 e. The van der Waals surface area contributed by atoms with Gasteiger partial charge in [0.15, 0.2) is 12.3 Å². The molecule has 1 aromatic heterocycles. The number of aromatic nitrogens is 1. The van der Waals surface area contributed by atoms with Crippen LogP contribution < -0.4 is 4.74 Å². The molecule has 0 radical (unpaired) electrons. The lowest BCUT2D eigenvalue weighted by Crippen LogP contribution is -2.38. The number of ether oxygens (including phenoxy) is 1. The van der Waals surface area contributed by atoms with E-state index >= 15 is 0 Å². The Kier molecular flexibility index (Phi) is 3.83. The van der Waals surface area contributed by atoms with Gasteiger partial charge in [0.2, 0.25) is 5.71 Å². The molecule has 0 saturated carbocycles. The average molecular weight is 556 g/mol. The quantitative estimate of drug-likeness (QED) is 0.195. The van der Waals surface area contributed by atoms with Crippen LogP contribution in [0.25, 0.3) is 38.3 Å². The van der Waals surface area contributed by atoms with E-state index in [2.05, 4.69) is 74.9 Å². The first-order valence-electron chi connectivity index (χ1n) is 18.3. The van der Waals surface area contributed by atoms with E-state index in [-0.39, 0.29) is 57.3 Å². The molecule has 2 aliphatic rings. The summed E-state index contributed by atoms with van der Waals surface area (Å²) >= 11 is 0. The summed E-state index contributed by atoms with van der Waals surface area (Å²) in [6, 6.07) is 13.1. The summed E-state index contributed by atoms with van der Waals surface area (Å²) in [6.07, 6.45) is 3.72. The van der Waals surface area contributed by atoms with Gasteiger partial charge in [-0.15, -0.1) is 0 Å². The molecule has 2 atom stereocenters. The predicted molar refractivity (Wildman–Crippen MR) is 175 cm³/mol. The molecule has 206 valence electrons. The van der Waals surface area contributed by atoms with Crippen molar-refractivity contribution in [2.75, 3.05) is 7.05 Å². The molecule has 0 N–H and O–H groups in total. The van der Waals surface area contributed by atoms with E-state index in [1.54, 1.807) is 10.6 Å². The number of fused-ring (bicyclic) bond motifs is 7. The summed E-state index contributed by atoms with van der Waals surface area (Å²) in [5.74, 6) is 0.309. The van der Waals surface area contributed by atoms with Crippen LogP contribution in [0.5, 0.6) is 5.75 Å². The zero-order valence-corrected chi connectivity index (χ0v) is 24.2. The van der Waals surface area contributed by atoms with Crippen molar-refractivity contribution >= 4 is 38.3 Å². The number of rotatable bonds is 2. The van der Waals surface area contributed by atoms with Gasteiger partial charge in [-0.1, -0.05) is 93.4 Å². The van der Waals surface area contributed by atoms with Gasteiger partial charge in [0, 0.05) is 21.9 Å². The Bertz CT molecular complexity index is 2500. The highest BCUT2D eigenvalue weighted by Crippen LogP contribution is 2.47. The van der Waals surface area contributed by atoms with Crippen molar-refractivity contribution < 1.29 is 20.3 Å². The summed E-state index contributed by atoms with van der Waals surface area (Å²) in [4.78, 5) is 0. The fourth-order valence-electron chi connectivity index (χ4n) is 6.82. The van der Waals surface area contributed by atoms with Gasteiger partial charge < -0.3 is 9.30 Å². The Morgan fingerprint density at radius 1 is 0.833 bits per heavy atom. The molecule has 2 aliphatic heterocycles. The van der Waals surface area contributed by atoms with E-state index in [1.165, 1.54) is 16.3 Å². The van der Waals surface area contributed by atoms with Crippen LogP contribution in [-0.4, -0.2) is 28.0 Å². The molecule has 42 heavy (non-hydrogen) atoms. The van der Waals surface area contributed by atoms with Crippen LogP contribution in [0.1, 0.15) is 59.9 Å². The Morgan fingerprint density at radius 3 is 2.19 bits per heavy atom. The van der Waals surface area contributed by atoms with E-state index in [0.717, 1.165) is 22.4 Å². The first-order valence-corrected chi connectivity index (χ1v) is 14.3. The zero-order valence-electron chi connectivity index (χ0n) is 32.2. The van der Waals surface area contributed by atoms with Crippen LogP contribution in [0.15, 0.2) is 109 Å². The second kappa shape index (κ2) is 8.93. The number of hydrogen-bond donors (Lipinski definition) is 0. The van der Waals surface area contributed by atoms with Gasteiger partial charge in [-0.05, 0) is 64.5 Å². The lowest BCUT2D eigenvalue weighted by atomic mass is 9.79. The highest BCUT2D eigenvalue weighted by Gasteiger charge is 2.45. The van der Waals surface area contributed by atoms with Gasteiger partial charge in [0.1, 0.15) is 12.8 Å². The fourth-order valence-corrected chi connectivity index (χ4v) is 6.82. The molecule has 5 aromatic carbocycles. The molecule has 0 saturated heterocycles. The summed E-state index contributed by atoms with van der Waals surface area (Å²) in [7, 11) is 2.01. The Hall–Kier alpha value is -4.63. The largest absolute Gasteiger partial charge is 0.476 e. The van der Waals surface area contributed by atoms with Crippen molar-refractivity contribution in [1.29, 1.82) is 0 Å². The predicted octanol–water partition coefficient (Wildman–Crippen LogP) is 9.05. The summed E-state index contributed by atoms with van der Waals surface area (Å²) in [5.41, 5.74) is 5.75. The van der Waals surface area contributed by atoms with Crippen LogP contribution in [0.3, 0.4) is 0 Å². The highest BCUT2D eigenvalue weighted by atomic mass is 16.5. The Morgan fingerprint density at radius 2 is 1.50 bits per heavy atom. The number of hydrogen-bond acceptors (Lipinski definition) is 1. The monoisotopic (exact) mass is 555 g/mol. The molecule has 0 bridgehead atoms. The van der Waals surface area contributed by atoms with Crippen molar-refractivity contribution in [2.45, 2.75) is 45.1 Å². The molecule has 2 unspecified atom stereocenters. The van der Waals surface area contributed by atoms with Crippen LogP contribution in [0, 0.1) is 6.92 Å². The minimum atomic E-state index is -0.470. The Balaban J connectivity index is 1.41. The maximum atomic E-state index is 9.00. The standard InChI is InChI=1S/C39H35N2O/c1-24-25-13-6-7-14-26(25)32(39(2,3)4)23-31(24)36-38-30(21-22-40(36)5)29-17-12-20-35(37(29)42-38)41-33-18-10-8-15-27(33)28-16-9-11-19-34(28)41/h6-23,30,38H,1-5H3/q+1/i8D,9D,10D,11D,15D,16D,18D,19D. The topological polar surface area (TPSA) is 17.2 Å². The molecule has 3 nitrogen and oxygen atoms in total. The molecular formula is C39H35N2O+. The smallest absolute Gasteiger partial charge is 0.230 e. The molecule has 0 spiro atoms. The molecular weight excluding hydrogens is 512 g/mol. The molecule has 0 amide bonds. The Labute approximate surface area is 258 Å². The summed E-state index contributed by atoms with van der Waals surface area (Å²) in [5, 5.41) is 2.47. The van der Waals surface area contributed by atoms with Crippen LogP contribution in [0.2, 0.25) is 0 Å². The second-order valence-corrected chi connectivity index (χ2v) is 12.3. The number of para-hydroxylation sites is 3. The molecule has 0 aliphatic carbocycles. The zero-order chi connectivity index (χ0) is 35.7. The first kappa shape index (κ1) is 18.0. The van der Waals surface area contributed by atoms with E-state index in [1.807, 2.05) is 19.2 Å². The number of aryl methyl sites for hydroxylation is 1. The number of nitrogens with zero attached hydrogens (tertiary/aromatic N) is 2. The SMILES string of the molecule is [2H]c1c([2H])c([2H])c2c(c1[2H])c1c([2H])c([2H])c([2H])c([2H])c1n2-c1cccc2c1OC1C(c3cc(C(C)(C)C)c4ccccc4c3C)=[N+](C)C=CC21. The van der Waals surface area contributed by atoms with Gasteiger partial charge in [-0.3, -0.25) is 0 Å². The fraction of sp³-hybridized carbons (Fsp3) is 0.205. The lowest BCUT2D eigenvalue weighted by Gasteiger charge is -2.26. The maximum absolute atomic E-state index is 9.00. The van der Waals surface area contributed by atoms with Gasteiger partial charge in [0.25, 0.3) is 0 Å². The third-order valence-electron chi connectivity index (χ3n) is 8.79. The molecule has 3 heteroatoms. The maximum Gasteiger partial charge on any atom is 0.230 e. The second-order valence-electron chi connectivity index (χ2n) is 12.3. The van der Waals surface area contributed by atoms with Crippen molar-refractivity contribution in [3.8, 4) is 11.4 Å². The average Bonchev–Trinajstić information content (AvgIpc) is 3.65. The summed E-state index contributed by atoms with van der Waals surface area (Å²) < 4.78 is 80.2. The number of benzene rings is 5. The summed E-state index contributed by atoms with van der Waals surface area (Å²) in [6.45, 7) is 8.80. The third-order valence-corrected chi connectivity index (χ3v) is 8.79. The molecule has 0 fully saturated rings. The van der Waals surface area contributed by atoms with Crippen molar-refractivity contribution in [2.24, 2.45) is 0 Å². The third kappa shape index (κ3) is 3.49. The van der Waals surface area contributed by atoms with Crippen LogP contribution in [0.4, 0.5) is 0 Å². The highest BCUT2D eigenvalue weighted by molar-refractivity contribution is 6.10. The lowest BCUT2D eigenvalue weighted by molar-refractivity contribution is -0.427. The van der Waals surface area contributed by atoms with Crippen LogP contribution in [-0.2, 0) is 5.41 Å². The van der Waals surface area contributed by atoms with Crippen LogP contribution >= 0.6 is 0 Å². The van der Waals surface area contributed by atoms with E-state index in [9.17, 15) is 0 Å². The molecule has 8 rings (SSSR count). The van der Waals surface area contributed by atoms with E-state index in [4.69, 9.17) is 15.7 Å². The first-order chi connectivity index (χ1) is 23.6. The minimum absolute atomic E-state index is 0.0411. The van der Waals surface area contributed by atoms with Crippen molar-refractivity contribution in [3.63, 3.8) is 0 Å². The molecule has 6 aromatic rings. The normalized spacial score (nSPS) is 20.8. The van der Waals surface area contributed by atoms with Gasteiger partial charge in [0.05, 0.1) is 33.6 Å². The van der Waals surface area contributed by atoms with Gasteiger partial charge in [-0.25, -0.2) is 4.58 Å².